The van der Waals surface area contributed by atoms with Crippen molar-refractivity contribution in [2.24, 2.45) is 46.3 Å². The van der Waals surface area contributed by atoms with Gasteiger partial charge in [-0.1, -0.05) is 58.0 Å². The molecule has 2 N–H and O–H groups in total. The third-order valence-corrected chi connectivity index (χ3v) is 12.3. The van der Waals surface area contributed by atoms with Gasteiger partial charge in [0.1, 0.15) is 0 Å². The zero-order chi connectivity index (χ0) is 24.1. The van der Waals surface area contributed by atoms with E-state index >= 15 is 0 Å². The van der Waals surface area contributed by atoms with Gasteiger partial charge in [-0.2, -0.15) is 0 Å². The Kier molecular flexibility index (Phi) is 6.73. The van der Waals surface area contributed by atoms with Crippen molar-refractivity contribution in [2.45, 2.75) is 116 Å². The van der Waals surface area contributed by atoms with Crippen LogP contribution in [0.1, 0.15) is 116 Å². The Balaban J connectivity index is 1.25. The number of hydrogen-bond donors (Lipinski definition) is 2. The molecule has 0 aromatic heterocycles. The van der Waals surface area contributed by atoms with Gasteiger partial charge in [-0.05, 0) is 129 Å². The second-order valence-corrected chi connectivity index (χ2v) is 13.6. The molecule has 4 fully saturated rings. The molecule has 5 rings (SSSR count). The zero-order valence-corrected chi connectivity index (χ0v) is 22.3. The minimum Gasteiger partial charge on any atom is -0.390 e. The van der Waals surface area contributed by atoms with E-state index in [1.165, 1.54) is 44.9 Å². The Labute approximate surface area is 208 Å². The monoisotopic (exact) mass is 466 g/mol. The first kappa shape index (κ1) is 24.8. The molecule has 1 aromatic carbocycles. The molecule has 0 spiro atoms. The van der Waals surface area contributed by atoms with Crippen LogP contribution >= 0.6 is 0 Å². The van der Waals surface area contributed by atoms with E-state index in [0.29, 0.717) is 16.7 Å². The van der Waals surface area contributed by atoms with Crippen LogP contribution in [-0.4, -0.2) is 15.8 Å². The topological polar surface area (TPSA) is 40.5 Å². The summed E-state index contributed by atoms with van der Waals surface area (Å²) in [6.45, 7) is 9.93. The smallest absolute Gasteiger partial charge is 0.0790 e. The van der Waals surface area contributed by atoms with E-state index in [1.807, 2.05) is 18.2 Å². The molecule has 2 heteroatoms. The Morgan fingerprint density at radius 1 is 0.882 bits per heavy atom. The van der Waals surface area contributed by atoms with Gasteiger partial charge in [-0.15, -0.1) is 0 Å². The molecule has 10 atom stereocenters. The van der Waals surface area contributed by atoms with Gasteiger partial charge in [0, 0.05) is 0 Å². The average molecular weight is 467 g/mol. The number of aliphatic hydroxyl groups is 2. The molecule has 34 heavy (non-hydrogen) atoms. The Morgan fingerprint density at radius 3 is 2.35 bits per heavy atom. The van der Waals surface area contributed by atoms with E-state index in [2.05, 4.69) is 39.8 Å². The van der Waals surface area contributed by atoms with Gasteiger partial charge in [-0.25, -0.2) is 0 Å². The van der Waals surface area contributed by atoms with Gasteiger partial charge < -0.3 is 10.2 Å². The van der Waals surface area contributed by atoms with Gasteiger partial charge in [0.2, 0.25) is 0 Å². The molecular formula is C32H50O2. The van der Waals surface area contributed by atoms with Gasteiger partial charge in [-0.3, -0.25) is 0 Å². The fourth-order valence-corrected chi connectivity index (χ4v) is 10.1. The Hall–Kier alpha value is -0.860. The number of fused-ring (bicyclic) bond motifs is 5. The summed E-state index contributed by atoms with van der Waals surface area (Å²) in [4.78, 5) is 0. The second-order valence-electron chi connectivity index (χ2n) is 13.6. The van der Waals surface area contributed by atoms with E-state index in [4.69, 9.17) is 0 Å². The lowest BCUT2D eigenvalue weighted by molar-refractivity contribution is -0.152. The van der Waals surface area contributed by atoms with Crippen LogP contribution in [-0.2, 0) is 0 Å². The molecule has 190 valence electrons. The summed E-state index contributed by atoms with van der Waals surface area (Å²) < 4.78 is 0. The van der Waals surface area contributed by atoms with Crippen molar-refractivity contribution in [3.8, 4) is 0 Å². The van der Waals surface area contributed by atoms with Crippen LogP contribution in [0, 0.1) is 46.3 Å². The molecular weight excluding hydrogens is 416 g/mol. The lowest BCUT2D eigenvalue weighted by Gasteiger charge is -2.62. The summed E-state index contributed by atoms with van der Waals surface area (Å²) in [5.74, 6) is 4.89. The summed E-state index contributed by atoms with van der Waals surface area (Å²) in [6.07, 6.45) is 14.3. The van der Waals surface area contributed by atoms with Crippen molar-refractivity contribution in [1.82, 2.24) is 0 Å². The molecule has 0 radical (unpaired) electrons. The SMILES string of the molecule is CC[C@]1(O)CC[C@@]2(C)[C@@H](CC[C@@H]3[C@@H]2CC[C@]2(C)[C@@H]([C@H](C)CC[C@@H](O)c4ccccc4)CC[C@@H]32)C1. The predicted octanol–water partition coefficient (Wildman–Crippen LogP) is 7.94. The molecule has 2 nitrogen and oxygen atoms in total. The van der Waals surface area contributed by atoms with Crippen molar-refractivity contribution in [3.05, 3.63) is 35.9 Å². The highest BCUT2D eigenvalue weighted by molar-refractivity contribution is 5.17. The van der Waals surface area contributed by atoms with Gasteiger partial charge in [0.25, 0.3) is 0 Å². The standard InChI is InChI=1S/C32H50O2/c1-5-32(34)20-19-30(3)24(21-32)12-13-25-27-15-14-26(31(27,4)18-17-28(25)30)22(2)11-16-29(33)23-9-7-6-8-10-23/h6-10,22,24-29,33-34H,5,11-21H2,1-4H3/t22-,24+,25+,26-,27+,28+,29-,30+,31-,32+/m1/s1. The second kappa shape index (κ2) is 9.22. The normalized spacial score (nSPS) is 45.6. The average Bonchev–Trinajstić information content (AvgIpc) is 3.20. The molecule has 0 unspecified atom stereocenters. The number of benzene rings is 1. The van der Waals surface area contributed by atoms with Crippen LogP contribution in [0.3, 0.4) is 0 Å². The van der Waals surface area contributed by atoms with Crippen molar-refractivity contribution < 1.29 is 10.2 Å². The van der Waals surface area contributed by atoms with E-state index in [9.17, 15) is 10.2 Å². The van der Waals surface area contributed by atoms with E-state index in [0.717, 1.165) is 67.3 Å². The first-order valence-electron chi connectivity index (χ1n) is 14.7. The summed E-state index contributed by atoms with van der Waals surface area (Å²) in [7, 11) is 0. The maximum absolute atomic E-state index is 11.1. The van der Waals surface area contributed by atoms with Crippen LogP contribution in [0.15, 0.2) is 30.3 Å². The van der Waals surface area contributed by atoms with Crippen molar-refractivity contribution in [2.75, 3.05) is 0 Å². The minimum atomic E-state index is -0.390. The summed E-state index contributed by atoms with van der Waals surface area (Å²) in [5, 5.41) is 21.8. The van der Waals surface area contributed by atoms with Crippen LogP contribution in [0.4, 0.5) is 0 Å². The Bertz CT molecular complexity index is 837. The van der Waals surface area contributed by atoms with Gasteiger partial charge in [0.05, 0.1) is 11.7 Å². The zero-order valence-electron chi connectivity index (χ0n) is 22.3. The molecule has 1 aromatic rings. The summed E-state index contributed by atoms with van der Waals surface area (Å²) in [5.41, 5.74) is 1.62. The number of aliphatic hydroxyl groups excluding tert-OH is 1. The number of hydrogen-bond acceptors (Lipinski definition) is 2. The highest BCUT2D eigenvalue weighted by Crippen LogP contribution is 2.69. The fourth-order valence-electron chi connectivity index (χ4n) is 10.1. The van der Waals surface area contributed by atoms with Crippen LogP contribution in [0.5, 0.6) is 0 Å². The highest BCUT2D eigenvalue weighted by atomic mass is 16.3. The van der Waals surface area contributed by atoms with Crippen LogP contribution in [0.25, 0.3) is 0 Å². The van der Waals surface area contributed by atoms with E-state index < -0.39 is 5.60 Å². The number of rotatable bonds is 6. The lowest BCUT2D eigenvalue weighted by atomic mass is 9.43. The van der Waals surface area contributed by atoms with E-state index in [-0.39, 0.29) is 6.10 Å². The van der Waals surface area contributed by atoms with Crippen molar-refractivity contribution >= 4 is 0 Å². The third kappa shape index (κ3) is 4.09. The fraction of sp³-hybridized carbons (Fsp3) is 0.812. The van der Waals surface area contributed by atoms with E-state index in [1.54, 1.807) is 0 Å². The summed E-state index contributed by atoms with van der Waals surface area (Å²) >= 11 is 0. The molecule has 4 aliphatic carbocycles. The summed E-state index contributed by atoms with van der Waals surface area (Å²) in [6, 6.07) is 10.2. The quantitative estimate of drug-likeness (QED) is 0.447. The first-order chi connectivity index (χ1) is 16.2. The third-order valence-electron chi connectivity index (χ3n) is 12.3. The highest BCUT2D eigenvalue weighted by Gasteiger charge is 2.61. The molecule has 4 aliphatic rings. The largest absolute Gasteiger partial charge is 0.390 e. The van der Waals surface area contributed by atoms with Crippen LogP contribution in [0.2, 0.25) is 0 Å². The maximum atomic E-state index is 11.1. The molecule has 0 heterocycles. The van der Waals surface area contributed by atoms with Crippen LogP contribution < -0.4 is 0 Å². The molecule has 0 saturated heterocycles. The molecule has 0 bridgehead atoms. The molecule has 0 aliphatic heterocycles. The Morgan fingerprint density at radius 2 is 1.62 bits per heavy atom. The van der Waals surface area contributed by atoms with Gasteiger partial charge in [0.15, 0.2) is 0 Å². The van der Waals surface area contributed by atoms with Crippen molar-refractivity contribution in [3.63, 3.8) is 0 Å². The first-order valence-corrected chi connectivity index (χ1v) is 14.7. The lowest BCUT2D eigenvalue weighted by Crippen LogP contribution is -2.56. The predicted molar refractivity (Wildman–Crippen MR) is 140 cm³/mol. The molecule has 4 saturated carbocycles. The maximum Gasteiger partial charge on any atom is 0.0790 e. The van der Waals surface area contributed by atoms with Gasteiger partial charge >= 0.3 is 0 Å². The molecule has 0 amide bonds. The van der Waals surface area contributed by atoms with Crippen molar-refractivity contribution in [1.29, 1.82) is 0 Å². The minimum absolute atomic E-state index is 0.326.